The van der Waals surface area contributed by atoms with Crippen molar-refractivity contribution >= 4 is 0 Å². The van der Waals surface area contributed by atoms with E-state index in [1.54, 1.807) is 0 Å². The van der Waals surface area contributed by atoms with Gasteiger partial charge in [0.1, 0.15) is 0 Å². The molecule has 2 nitrogen and oxygen atoms in total. The third-order valence-corrected chi connectivity index (χ3v) is 4.57. The van der Waals surface area contributed by atoms with Crippen LogP contribution < -0.4 is 11.3 Å². The summed E-state index contributed by atoms with van der Waals surface area (Å²) >= 11 is 0. The van der Waals surface area contributed by atoms with E-state index in [0.717, 1.165) is 11.8 Å². The summed E-state index contributed by atoms with van der Waals surface area (Å²) in [5.74, 6) is 8.21. The third-order valence-electron chi connectivity index (χ3n) is 4.57. The molecule has 0 heterocycles. The Balaban J connectivity index is 1.99. The zero-order valence-electron chi connectivity index (χ0n) is 11.6. The first-order chi connectivity index (χ1) is 8.72. The zero-order chi connectivity index (χ0) is 13.0. The molecule has 18 heavy (non-hydrogen) atoms. The van der Waals surface area contributed by atoms with Gasteiger partial charge in [-0.25, -0.2) is 0 Å². The number of hydrogen-bond donors (Lipinski definition) is 2. The van der Waals surface area contributed by atoms with Crippen molar-refractivity contribution in [1.82, 2.24) is 5.43 Å². The monoisotopic (exact) mass is 246 g/mol. The van der Waals surface area contributed by atoms with Crippen molar-refractivity contribution in [2.24, 2.45) is 23.6 Å². The molecule has 1 fully saturated rings. The lowest BCUT2D eigenvalue weighted by Gasteiger charge is -2.35. The van der Waals surface area contributed by atoms with Gasteiger partial charge < -0.3 is 0 Å². The van der Waals surface area contributed by atoms with E-state index in [1.807, 2.05) is 0 Å². The van der Waals surface area contributed by atoms with Gasteiger partial charge in [0.05, 0.1) is 0 Å². The van der Waals surface area contributed by atoms with Crippen LogP contribution in [0.25, 0.3) is 0 Å². The molecule has 2 rings (SSSR count). The lowest BCUT2D eigenvalue weighted by atomic mass is 9.73. The molecule has 1 aliphatic rings. The molecule has 1 unspecified atom stereocenters. The number of nitrogens with one attached hydrogen (secondary N) is 1. The largest absolute Gasteiger partial charge is 0.271 e. The fourth-order valence-electron chi connectivity index (χ4n) is 3.31. The molecule has 0 amide bonds. The first-order valence-corrected chi connectivity index (χ1v) is 7.23. The Kier molecular flexibility index (Phi) is 4.79. The van der Waals surface area contributed by atoms with Crippen LogP contribution in [0.15, 0.2) is 30.3 Å². The number of rotatable bonds is 4. The van der Waals surface area contributed by atoms with E-state index in [9.17, 15) is 0 Å². The standard InChI is InChI=1S/C16H26N2/c1-12(2)13-8-10-15(11-9-13)16(18-17)14-6-4-3-5-7-14/h3-7,12-13,15-16,18H,8-11,17H2,1-2H3. The van der Waals surface area contributed by atoms with Crippen molar-refractivity contribution in [3.8, 4) is 0 Å². The minimum absolute atomic E-state index is 0.319. The third kappa shape index (κ3) is 3.12. The summed E-state index contributed by atoms with van der Waals surface area (Å²) < 4.78 is 0. The van der Waals surface area contributed by atoms with Crippen LogP contribution in [0.3, 0.4) is 0 Å². The van der Waals surface area contributed by atoms with Gasteiger partial charge >= 0.3 is 0 Å². The first-order valence-electron chi connectivity index (χ1n) is 7.23. The van der Waals surface area contributed by atoms with Crippen molar-refractivity contribution in [2.45, 2.75) is 45.6 Å². The molecule has 0 bridgehead atoms. The predicted molar refractivity (Wildman–Crippen MR) is 76.8 cm³/mol. The maximum Gasteiger partial charge on any atom is 0.0488 e. The molecule has 100 valence electrons. The molecule has 0 spiro atoms. The van der Waals surface area contributed by atoms with Crippen LogP contribution in [0.5, 0.6) is 0 Å². The molecular formula is C16H26N2. The Labute approximate surface area is 111 Å². The quantitative estimate of drug-likeness (QED) is 0.628. The van der Waals surface area contributed by atoms with Gasteiger partial charge in [-0.1, -0.05) is 44.2 Å². The number of hydrazine groups is 1. The van der Waals surface area contributed by atoms with Gasteiger partial charge in [-0.05, 0) is 49.0 Å². The minimum atomic E-state index is 0.319. The average Bonchev–Trinajstić information content (AvgIpc) is 2.41. The number of nitrogens with two attached hydrogens (primary N) is 1. The molecule has 0 aromatic heterocycles. The van der Waals surface area contributed by atoms with E-state index in [-0.39, 0.29) is 0 Å². The fraction of sp³-hybridized carbons (Fsp3) is 0.625. The molecule has 0 aliphatic heterocycles. The molecule has 1 atom stereocenters. The Morgan fingerprint density at radius 3 is 2.06 bits per heavy atom. The Morgan fingerprint density at radius 1 is 1.00 bits per heavy atom. The molecular weight excluding hydrogens is 220 g/mol. The molecule has 1 aliphatic carbocycles. The van der Waals surface area contributed by atoms with Gasteiger partial charge in [-0.3, -0.25) is 11.3 Å². The topological polar surface area (TPSA) is 38.0 Å². The second-order valence-electron chi connectivity index (χ2n) is 5.97. The smallest absolute Gasteiger partial charge is 0.0488 e. The summed E-state index contributed by atoms with van der Waals surface area (Å²) in [6.45, 7) is 4.70. The van der Waals surface area contributed by atoms with Gasteiger partial charge in [-0.2, -0.15) is 0 Å². The van der Waals surface area contributed by atoms with E-state index < -0.39 is 0 Å². The lowest BCUT2D eigenvalue weighted by molar-refractivity contribution is 0.189. The molecule has 0 saturated heterocycles. The van der Waals surface area contributed by atoms with E-state index in [1.165, 1.54) is 31.2 Å². The van der Waals surface area contributed by atoms with Crippen LogP contribution in [0.1, 0.15) is 51.1 Å². The van der Waals surface area contributed by atoms with Gasteiger partial charge in [0.25, 0.3) is 0 Å². The Morgan fingerprint density at radius 2 is 1.56 bits per heavy atom. The first kappa shape index (κ1) is 13.6. The highest BCUT2D eigenvalue weighted by atomic mass is 15.2. The van der Waals surface area contributed by atoms with Crippen LogP contribution in [-0.2, 0) is 0 Å². The van der Waals surface area contributed by atoms with Crippen LogP contribution in [0, 0.1) is 17.8 Å². The SMILES string of the molecule is CC(C)C1CCC(C(NN)c2ccccc2)CC1. The van der Waals surface area contributed by atoms with Crippen LogP contribution in [-0.4, -0.2) is 0 Å². The maximum atomic E-state index is 5.78. The van der Waals surface area contributed by atoms with Crippen molar-refractivity contribution < 1.29 is 0 Å². The van der Waals surface area contributed by atoms with Gasteiger partial charge in [0, 0.05) is 6.04 Å². The highest BCUT2D eigenvalue weighted by molar-refractivity contribution is 5.19. The highest BCUT2D eigenvalue weighted by Crippen LogP contribution is 2.38. The second kappa shape index (κ2) is 6.35. The van der Waals surface area contributed by atoms with E-state index in [2.05, 4.69) is 49.6 Å². The van der Waals surface area contributed by atoms with Crippen molar-refractivity contribution in [2.75, 3.05) is 0 Å². The second-order valence-corrected chi connectivity index (χ2v) is 5.97. The zero-order valence-corrected chi connectivity index (χ0v) is 11.6. The van der Waals surface area contributed by atoms with Crippen molar-refractivity contribution in [1.29, 1.82) is 0 Å². The van der Waals surface area contributed by atoms with Gasteiger partial charge in [0.15, 0.2) is 0 Å². The maximum absolute atomic E-state index is 5.78. The molecule has 1 aromatic carbocycles. The molecule has 0 radical (unpaired) electrons. The van der Waals surface area contributed by atoms with Crippen molar-refractivity contribution in [3.05, 3.63) is 35.9 Å². The van der Waals surface area contributed by atoms with Crippen LogP contribution in [0.2, 0.25) is 0 Å². The summed E-state index contributed by atoms with van der Waals surface area (Å²) in [4.78, 5) is 0. The summed E-state index contributed by atoms with van der Waals surface area (Å²) in [5, 5.41) is 0. The van der Waals surface area contributed by atoms with E-state index in [4.69, 9.17) is 5.84 Å². The normalized spacial score (nSPS) is 26.2. The minimum Gasteiger partial charge on any atom is -0.271 e. The number of benzene rings is 1. The molecule has 3 N–H and O–H groups in total. The highest BCUT2D eigenvalue weighted by Gasteiger charge is 2.28. The molecule has 1 aromatic rings. The van der Waals surface area contributed by atoms with Crippen LogP contribution >= 0.6 is 0 Å². The van der Waals surface area contributed by atoms with Gasteiger partial charge in [-0.15, -0.1) is 0 Å². The van der Waals surface area contributed by atoms with Gasteiger partial charge in [0.2, 0.25) is 0 Å². The predicted octanol–water partition coefficient (Wildman–Crippen LogP) is 3.65. The summed E-state index contributed by atoms with van der Waals surface area (Å²) in [6, 6.07) is 10.9. The molecule has 1 saturated carbocycles. The summed E-state index contributed by atoms with van der Waals surface area (Å²) in [5.41, 5.74) is 4.36. The molecule has 2 heteroatoms. The Hall–Kier alpha value is -0.860. The Bertz CT molecular complexity index is 339. The van der Waals surface area contributed by atoms with E-state index in [0.29, 0.717) is 12.0 Å². The average molecular weight is 246 g/mol. The van der Waals surface area contributed by atoms with Crippen molar-refractivity contribution in [3.63, 3.8) is 0 Å². The van der Waals surface area contributed by atoms with Crippen LogP contribution in [0.4, 0.5) is 0 Å². The lowest BCUT2D eigenvalue weighted by Crippen LogP contribution is -2.35. The summed E-state index contributed by atoms with van der Waals surface area (Å²) in [6.07, 6.45) is 5.31. The number of hydrogen-bond acceptors (Lipinski definition) is 2. The summed E-state index contributed by atoms with van der Waals surface area (Å²) in [7, 11) is 0. The van der Waals surface area contributed by atoms with E-state index >= 15 is 0 Å². The fourth-order valence-corrected chi connectivity index (χ4v) is 3.31.